The van der Waals surface area contributed by atoms with Crippen molar-refractivity contribution in [2.75, 3.05) is 0 Å². The number of aromatic nitrogens is 3. The summed E-state index contributed by atoms with van der Waals surface area (Å²) in [5.74, 6) is -0.353. The molecule has 1 aromatic rings. The number of aryl methyl sites for hydroxylation is 1. The molecule has 14 heavy (non-hydrogen) atoms. The van der Waals surface area contributed by atoms with Crippen molar-refractivity contribution in [1.29, 1.82) is 0 Å². The molecule has 0 aromatic carbocycles. The van der Waals surface area contributed by atoms with Gasteiger partial charge in [0.1, 0.15) is 5.69 Å². The fraction of sp³-hybridized carbons (Fsp3) is 0.625. The second-order valence-electron chi connectivity index (χ2n) is 3.80. The maximum Gasteiger partial charge on any atom is 0.219 e. The van der Waals surface area contributed by atoms with Gasteiger partial charge in [-0.25, -0.2) is 0 Å². The van der Waals surface area contributed by atoms with Gasteiger partial charge in [-0.3, -0.25) is 9.48 Å². The summed E-state index contributed by atoms with van der Waals surface area (Å²) in [5.41, 5.74) is 11.0. The van der Waals surface area contributed by atoms with E-state index in [4.69, 9.17) is 11.5 Å². The Morgan fingerprint density at radius 1 is 1.64 bits per heavy atom. The van der Waals surface area contributed by atoms with Crippen LogP contribution in [0.4, 0.5) is 0 Å². The van der Waals surface area contributed by atoms with Crippen LogP contribution in [0.2, 0.25) is 0 Å². The third-order valence-corrected chi connectivity index (χ3v) is 1.79. The van der Waals surface area contributed by atoms with Crippen LogP contribution in [0, 0.1) is 0 Å². The third-order valence-electron chi connectivity index (χ3n) is 1.79. The summed E-state index contributed by atoms with van der Waals surface area (Å²) in [6.45, 7) is 4.13. The summed E-state index contributed by atoms with van der Waals surface area (Å²) in [6.07, 6.45) is 1.98. The molecular weight excluding hydrogens is 182 g/mol. The SMILES string of the molecule is CC(C)(N)c1cn(CCC(N)=O)nn1. The van der Waals surface area contributed by atoms with Crippen LogP contribution >= 0.6 is 0 Å². The van der Waals surface area contributed by atoms with Gasteiger partial charge in [-0.15, -0.1) is 5.10 Å². The molecule has 0 unspecified atom stereocenters. The van der Waals surface area contributed by atoms with E-state index in [0.29, 0.717) is 12.2 Å². The Bertz CT molecular complexity index is 325. The monoisotopic (exact) mass is 197 g/mol. The van der Waals surface area contributed by atoms with Gasteiger partial charge in [0.25, 0.3) is 0 Å². The van der Waals surface area contributed by atoms with Crippen LogP contribution in [0.5, 0.6) is 0 Å². The highest BCUT2D eigenvalue weighted by molar-refractivity contribution is 5.73. The Balaban J connectivity index is 2.64. The van der Waals surface area contributed by atoms with E-state index in [0.717, 1.165) is 0 Å². The molecule has 0 fully saturated rings. The number of nitrogens with zero attached hydrogens (tertiary/aromatic N) is 3. The second-order valence-corrected chi connectivity index (χ2v) is 3.80. The van der Waals surface area contributed by atoms with E-state index < -0.39 is 5.54 Å². The summed E-state index contributed by atoms with van der Waals surface area (Å²) in [4.78, 5) is 10.5. The summed E-state index contributed by atoms with van der Waals surface area (Å²) in [5, 5.41) is 7.73. The van der Waals surface area contributed by atoms with E-state index >= 15 is 0 Å². The quantitative estimate of drug-likeness (QED) is 0.669. The van der Waals surface area contributed by atoms with E-state index in [1.165, 1.54) is 0 Å². The fourth-order valence-corrected chi connectivity index (χ4v) is 0.928. The van der Waals surface area contributed by atoms with Crippen molar-refractivity contribution in [3.63, 3.8) is 0 Å². The number of nitrogens with two attached hydrogens (primary N) is 2. The van der Waals surface area contributed by atoms with Crippen molar-refractivity contribution in [2.45, 2.75) is 32.4 Å². The van der Waals surface area contributed by atoms with Crippen LogP contribution in [0.25, 0.3) is 0 Å². The normalized spacial score (nSPS) is 11.6. The average molecular weight is 197 g/mol. The van der Waals surface area contributed by atoms with Gasteiger partial charge in [-0.05, 0) is 13.8 Å². The molecule has 1 heterocycles. The first-order valence-electron chi connectivity index (χ1n) is 4.37. The molecule has 0 saturated heterocycles. The Morgan fingerprint density at radius 3 is 2.71 bits per heavy atom. The molecule has 1 aromatic heterocycles. The zero-order chi connectivity index (χ0) is 10.8. The average Bonchev–Trinajstić information content (AvgIpc) is 2.47. The largest absolute Gasteiger partial charge is 0.370 e. The minimum Gasteiger partial charge on any atom is -0.370 e. The topological polar surface area (TPSA) is 99.8 Å². The Hall–Kier alpha value is -1.43. The Labute approximate surface area is 82.3 Å². The first kappa shape index (κ1) is 10.6. The lowest BCUT2D eigenvalue weighted by Crippen LogP contribution is -2.29. The minimum atomic E-state index is -0.509. The van der Waals surface area contributed by atoms with Gasteiger partial charge in [-0.2, -0.15) is 0 Å². The lowest BCUT2D eigenvalue weighted by Gasteiger charge is -2.13. The first-order chi connectivity index (χ1) is 6.39. The van der Waals surface area contributed by atoms with Gasteiger partial charge in [0, 0.05) is 6.42 Å². The van der Waals surface area contributed by atoms with Crippen molar-refractivity contribution < 1.29 is 4.79 Å². The summed E-state index contributed by atoms with van der Waals surface area (Å²) < 4.78 is 1.56. The molecule has 6 nitrogen and oxygen atoms in total. The Morgan fingerprint density at radius 2 is 2.29 bits per heavy atom. The fourth-order valence-electron chi connectivity index (χ4n) is 0.928. The van der Waals surface area contributed by atoms with E-state index in [1.54, 1.807) is 10.9 Å². The molecule has 6 heteroatoms. The molecule has 0 aliphatic carbocycles. The molecule has 0 saturated carbocycles. The van der Waals surface area contributed by atoms with Crippen LogP contribution in [-0.2, 0) is 16.9 Å². The maximum absolute atomic E-state index is 10.5. The van der Waals surface area contributed by atoms with Gasteiger partial charge in [0.05, 0.1) is 18.3 Å². The van der Waals surface area contributed by atoms with E-state index in [-0.39, 0.29) is 12.3 Å². The van der Waals surface area contributed by atoms with Crippen LogP contribution in [-0.4, -0.2) is 20.9 Å². The van der Waals surface area contributed by atoms with Crippen LogP contribution in [0.1, 0.15) is 26.0 Å². The van der Waals surface area contributed by atoms with Crippen molar-refractivity contribution in [3.05, 3.63) is 11.9 Å². The highest BCUT2D eigenvalue weighted by Gasteiger charge is 2.18. The third kappa shape index (κ3) is 2.81. The van der Waals surface area contributed by atoms with Gasteiger partial charge < -0.3 is 11.5 Å². The predicted molar refractivity (Wildman–Crippen MR) is 51.0 cm³/mol. The highest BCUT2D eigenvalue weighted by atomic mass is 16.1. The van der Waals surface area contributed by atoms with Crippen LogP contribution in [0.3, 0.4) is 0 Å². The van der Waals surface area contributed by atoms with Crippen molar-refractivity contribution in [3.8, 4) is 0 Å². The van der Waals surface area contributed by atoms with Gasteiger partial charge in [0.2, 0.25) is 5.91 Å². The van der Waals surface area contributed by atoms with Gasteiger partial charge >= 0.3 is 0 Å². The number of carbonyl (C=O) groups is 1. The molecule has 1 amide bonds. The number of primary amides is 1. The maximum atomic E-state index is 10.5. The highest BCUT2D eigenvalue weighted by Crippen LogP contribution is 2.12. The molecule has 0 atom stereocenters. The van der Waals surface area contributed by atoms with Crippen molar-refractivity contribution in [1.82, 2.24) is 15.0 Å². The van der Waals surface area contributed by atoms with E-state index in [9.17, 15) is 4.79 Å². The van der Waals surface area contributed by atoms with Crippen LogP contribution < -0.4 is 11.5 Å². The summed E-state index contributed by atoms with van der Waals surface area (Å²) >= 11 is 0. The van der Waals surface area contributed by atoms with E-state index in [2.05, 4.69) is 10.3 Å². The van der Waals surface area contributed by atoms with Gasteiger partial charge in [0.15, 0.2) is 0 Å². The van der Waals surface area contributed by atoms with Crippen molar-refractivity contribution >= 4 is 5.91 Å². The zero-order valence-electron chi connectivity index (χ0n) is 8.40. The lowest BCUT2D eigenvalue weighted by molar-refractivity contribution is -0.118. The first-order valence-corrected chi connectivity index (χ1v) is 4.37. The molecule has 0 aliphatic heterocycles. The molecule has 0 radical (unpaired) electrons. The van der Waals surface area contributed by atoms with Gasteiger partial charge in [-0.1, -0.05) is 5.21 Å². The second kappa shape index (κ2) is 3.75. The summed E-state index contributed by atoms with van der Waals surface area (Å²) in [6, 6.07) is 0. The Kier molecular flexibility index (Phi) is 2.85. The lowest BCUT2D eigenvalue weighted by atomic mass is 10.0. The minimum absolute atomic E-state index is 0.258. The standard InChI is InChI=1S/C8H15N5O/c1-8(2,10)6-5-13(12-11-6)4-3-7(9)14/h5H,3-4,10H2,1-2H3,(H2,9,14). The zero-order valence-corrected chi connectivity index (χ0v) is 8.40. The number of hydrogen-bond acceptors (Lipinski definition) is 4. The smallest absolute Gasteiger partial charge is 0.219 e. The molecule has 78 valence electrons. The number of amides is 1. The molecule has 0 aliphatic rings. The number of rotatable bonds is 4. The number of hydrogen-bond donors (Lipinski definition) is 2. The summed E-state index contributed by atoms with van der Waals surface area (Å²) in [7, 11) is 0. The van der Waals surface area contributed by atoms with Crippen molar-refractivity contribution in [2.24, 2.45) is 11.5 Å². The van der Waals surface area contributed by atoms with E-state index in [1.807, 2.05) is 13.8 Å². The molecule has 0 spiro atoms. The van der Waals surface area contributed by atoms with Crippen LogP contribution in [0.15, 0.2) is 6.20 Å². The number of carbonyl (C=O) groups excluding carboxylic acids is 1. The molecule has 1 rings (SSSR count). The molecular formula is C8H15N5O. The predicted octanol–water partition coefficient (Wildman–Crippen LogP) is -0.653. The molecule has 4 N–H and O–H groups in total. The molecule has 0 bridgehead atoms.